The smallest absolute Gasteiger partial charge is 0.351 e. The van der Waals surface area contributed by atoms with Crippen LogP contribution in [-0.2, 0) is 13.6 Å². The van der Waals surface area contributed by atoms with E-state index < -0.39 is 13.4 Å². The summed E-state index contributed by atoms with van der Waals surface area (Å²) in [5.74, 6) is 0.216. The highest BCUT2D eigenvalue weighted by Crippen LogP contribution is 2.58. The Kier molecular flexibility index (Phi) is 6.49. The average Bonchev–Trinajstić information content (AvgIpc) is 2.46. The van der Waals surface area contributed by atoms with E-state index in [1.165, 1.54) is 7.11 Å². The summed E-state index contributed by atoms with van der Waals surface area (Å²) in [6.45, 7) is 4.01. The van der Waals surface area contributed by atoms with E-state index in [4.69, 9.17) is 24.3 Å². The zero-order valence-corrected chi connectivity index (χ0v) is 13.2. The number of hydrogen-bond acceptors (Lipinski definition) is 6. The third-order valence-corrected chi connectivity index (χ3v) is 4.92. The summed E-state index contributed by atoms with van der Waals surface area (Å²) in [7, 11) is -0.335. The number of rotatable bonds is 8. The van der Waals surface area contributed by atoms with Crippen LogP contribution < -0.4 is 15.2 Å². The van der Waals surface area contributed by atoms with E-state index in [9.17, 15) is 4.57 Å². The molecule has 1 aromatic carbocycles. The maximum Gasteiger partial charge on any atom is 0.351 e. The molecule has 2 N–H and O–H groups in total. The Hall–Kier alpha value is -1.07. The van der Waals surface area contributed by atoms with Gasteiger partial charge in [-0.25, -0.2) is 0 Å². The van der Waals surface area contributed by atoms with Crippen molar-refractivity contribution in [2.75, 3.05) is 27.4 Å². The summed E-state index contributed by atoms with van der Waals surface area (Å²) in [5.41, 5.74) is 6.66. The quantitative estimate of drug-likeness (QED) is 0.744. The fraction of sp³-hybridized carbons (Fsp3) is 0.538. The van der Waals surface area contributed by atoms with E-state index in [1.54, 1.807) is 39.2 Å². The van der Waals surface area contributed by atoms with Crippen LogP contribution in [0.1, 0.15) is 25.2 Å². The molecule has 0 bridgehead atoms. The first-order valence-corrected chi connectivity index (χ1v) is 7.99. The molecule has 0 aliphatic heterocycles. The van der Waals surface area contributed by atoms with Crippen LogP contribution in [0.25, 0.3) is 0 Å². The molecule has 114 valence electrons. The Morgan fingerprint density at radius 1 is 1.10 bits per heavy atom. The summed E-state index contributed by atoms with van der Waals surface area (Å²) in [6, 6.07) is 5.10. The lowest BCUT2D eigenvalue weighted by Gasteiger charge is -2.24. The molecule has 1 aromatic rings. The van der Waals surface area contributed by atoms with Gasteiger partial charge in [0.25, 0.3) is 0 Å². The summed E-state index contributed by atoms with van der Waals surface area (Å²) < 4.78 is 33.5. The van der Waals surface area contributed by atoms with Crippen molar-refractivity contribution in [3.63, 3.8) is 0 Å². The minimum atomic E-state index is -3.40. The SMILES string of the molecule is CCOP(=O)(OCC)[C@@H](N)c1ccc(OC)c(OC)c1. The van der Waals surface area contributed by atoms with Gasteiger partial charge in [0.15, 0.2) is 11.5 Å². The lowest BCUT2D eigenvalue weighted by molar-refractivity contribution is 0.212. The minimum absolute atomic E-state index is 0.262. The Morgan fingerprint density at radius 2 is 1.65 bits per heavy atom. The van der Waals surface area contributed by atoms with Gasteiger partial charge < -0.3 is 24.3 Å². The van der Waals surface area contributed by atoms with Crippen molar-refractivity contribution in [1.82, 2.24) is 0 Å². The first kappa shape index (κ1) is 17.0. The van der Waals surface area contributed by atoms with Gasteiger partial charge in [0, 0.05) is 0 Å². The van der Waals surface area contributed by atoms with Crippen molar-refractivity contribution in [2.24, 2.45) is 5.73 Å². The highest BCUT2D eigenvalue weighted by Gasteiger charge is 2.34. The van der Waals surface area contributed by atoms with E-state index in [2.05, 4.69) is 0 Å². The molecule has 0 aliphatic carbocycles. The van der Waals surface area contributed by atoms with Crippen molar-refractivity contribution in [3.8, 4) is 11.5 Å². The van der Waals surface area contributed by atoms with Crippen molar-refractivity contribution in [2.45, 2.75) is 19.6 Å². The zero-order chi connectivity index (χ0) is 15.2. The second kappa shape index (κ2) is 7.64. The fourth-order valence-corrected chi connectivity index (χ4v) is 3.42. The number of nitrogens with two attached hydrogens (primary N) is 1. The summed E-state index contributed by atoms with van der Waals surface area (Å²) >= 11 is 0. The van der Waals surface area contributed by atoms with Gasteiger partial charge in [0.2, 0.25) is 0 Å². The third-order valence-electron chi connectivity index (χ3n) is 2.71. The molecule has 0 spiro atoms. The van der Waals surface area contributed by atoms with Crippen LogP contribution >= 0.6 is 7.60 Å². The van der Waals surface area contributed by atoms with Gasteiger partial charge in [0.05, 0.1) is 27.4 Å². The first-order chi connectivity index (χ1) is 9.52. The lowest BCUT2D eigenvalue weighted by atomic mass is 10.2. The maximum atomic E-state index is 12.6. The second-order valence-electron chi connectivity index (χ2n) is 3.93. The monoisotopic (exact) mass is 303 g/mol. The molecule has 0 fully saturated rings. The van der Waals surface area contributed by atoms with E-state index in [-0.39, 0.29) is 13.2 Å². The molecule has 1 rings (SSSR count). The van der Waals surface area contributed by atoms with E-state index in [1.807, 2.05) is 0 Å². The summed E-state index contributed by atoms with van der Waals surface area (Å²) in [6.07, 6.45) is 0. The van der Waals surface area contributed by atoms with Gasteiger partial charge in [-0.1, -0.05) is 6.07 Å². The molecule has 0 radical (unpaired) electrons. The number of hydrogen-bond donors (Lipinski definition) is 1. The Labute approximate surface area is 119 Å². The van der Waals surface area contributed by atoms with Gasteiger partial charge in [-0.2, -0.15) is 0 Å². The van der Waals surface area contributed by atoms with Gasteiger partial charge in [-0.3, -0.25) is 4.57 Å². The lowest BCUT2D eigenvalue weighted by Crippen LogP contribution is -2.15. The standard InChI is InChI=1S/C13H22NO5P/c1-5-18-20(15,19-6-2)13(14)10-7-8-11(16-3)12(9-10)17-4/h7-9,13H,5-6,14H2,1-4H3/t13-/m1/s1. The molecular formula is C13H22NO5P. The molecule has 0 saturated heterocycles. The van der Waals surface area contributed by atoms with E-state index in [0.29, 0.717) is 17.1 Å². The second-order valence-corrected chi connectivity index (χ2v) is 6.09. The molecule has 20 heavy (non-hydrogen) atoms. The molecule has 0 aromatic heterocycles. The van der Waals surface area contributed by atoms with Crippen molar-refractivity contribution in [1.29, 1.82) is 0 Å². The number of benzene rings is 1. The van der Waals surface area contributed by atoms with Gasteiger partial charge in [0.1, 0.15) is 5.78 Å². The van der Waals surface area contributed by atoms with Crippen LogP contribution in [0.15, 0.2) is 18.2 Å². The maximum absolute atomic E-state index is 12.6. The van der Waals surface area contributed by atoms with Crippen molar-refractivity contribution < 1.29 is 23.1 Å². The highest BCUT2D eigenvalue weighted by atomic mass is 31.2. The molecule has 0 saturated carbocycles. The van der Waals surface area contributed by atoms with Gasteiger partial charge in [-0.05, 0) is 31.5 Å². The van der Waals surface area contributed by atoms with Crippen LogP contribution in [0.3, 0.4) is 0 Å². The normalized spacial score (nSPS) is 13.1. The van der Waals surface area contributed by atoms with E-state index in [0.717, 1.165) is 0 Å². The van der Waals surface area contributed by atoms with Crippen LogP contribution in [-0.4, -0.2) is 27.4 Å². The number of methoxy groups -OCH3 is 2. The summed E-state index contributed by atoms with van der Waals surface area (Å²) in [5, 5.41) is 0. The zero-order valence-electron chi connectivity index (χ0n) is 12.3. The molecule has 0 heterocycles. The van der Waals surface area contributed by atoms with Crippen LogP contribution in [0.5, 0.6) is 11.5 Å². The number of ether oxygens (including phenoxy) is 2. The van der Waals surface area contributed by atoms with Gasteiger partial charge in [-0.15, -0.1) is 0 Å². The Bertz CT molecular complexity index is 470. The summed E-state index contributed by atoms with van der Waals surface area (Å²) in [4.78, 5) is 0. The molecule has 0 unspecified atom stereocenters. The van der Waals surface area contributed by atoms with Crippen LogP contribution in [0.4, 0.5) is 0 Å². The topological polar surface area (TPSA) is 80.0 Å². The predicted octanol–water partition coefficient (Wildman–Crippen LogP) is 2.93. The first-order valence-electron chi connectivity index (χ1n) is 6.38. The molecule has 6 nitrogen and oxygen atoms in total. The van der Waals surface area contributed by atoms with E-state index >= 15 is 0 Å². The Balaban J connectivity index is 3.11. The molecule has 0 aliphatic rings. The van der Waals surface area contributed by atoms with Crippen LogP contribution in [0.2, 0.25) is 0 Å². The minimum Gasteiger partial charge on any atom is -0.493 e. The molecule has 0 amide bonds. The van der Waals surface area contributed by atoms with Crippen molar-refractivity contribution in [3.05, 3.63) is 23.8 Å². The van der Waals surface area contributed by atoms with Crippen LogP contribution in [0, 0.1) is 0 Å². The largest absolute Gasteiger partial charge is 0.493 e. The Morgan fingerprint density at radius 3 is 2.10 bits per heavy atom. The third kappa shape index (κ3) is 3.73. The predicted molar refractivity (Wildman–Crippen MR) is 77.3 cm³/mol. The average molecular weight is 303 g/mol. The van der Waals surface area contributed by atoms with Crippen molar-refractivity contribution >= 4 is 7.60 Å². The molecule has 1 atom stereocenters. The fourth-order valence-electron chi connectivity index (χ4n) is 1.78. The highest BCUT2D eigenvalue weighted by molar-refractivity contribution is 7.54. The molecule has 7 heteroatoms. The van der Waals surface area contributed by atoms with Gasteiger partial charge >= 0.3 is 7.60 Å². The molecular weight excluding hydrogens is 281 g/mol.